The number of nitriles is 1. The van der Waals surface area contributed by atoms with Gasteiger partial charge >= 0.3 is 5.97 Å². The number of rotatable bonds is 8. The lowest BCUT2D eigenvalue weighted by atomic mass is 9.91. The molecular formula is C20H27NO4. The zero-order chi connectivity index (χ0) is 18.1. The van der Waals surface area contributed by atoms with E-state index in [4.69, 9.17) is 14.2 Å². The summed E-state index contributed by atoms with van der Waals surface area (Å²) in [6.45, 7) is 4.21. The molecule has 136 valence electrons. The van der Waals surface area contributed by atoms with Crippen molar-refractivity contribution >= 4 is 5.97 Å². The molecule has 1 aliphatic heterocycles. The van der Waals surface area contributed by atoms with Crippen molar-refractivity contribution in [3.05, 3.63) is 29.8 Å². The van der Waals surface area contributed by atoms with E-state index in [1.54, 1.807) is 12.1 Å². The van der Waals surface area contributed by atoms with Crippen LogP contribution in [-0.2, 0) is 20.7 Å². The maximum absolute atomic E-state index is 12.5. The molecule has 0 radical (unpaired) electrons. The molecule has 1 saturated heterocycles. The van der Waals surface area contributed by atoms with Crippen LogP contribution in [0.2, 0.25) is 0 Å². The summed E-state index contributed by atoms with van der Waals surface area (Å²) >= 11 is 0. The van der Waals surface area contributed by atoms with E-state index in [1.165, 1.54) is 18.4 Å². The Morgan fingerprint density at radius 2 is 1.88 bits per heavy atom. The number of hydrogen-bond acceptors (Lipinski definition) is 5. The number of carbonyl (C=O) groups is 1. The molecule has 0 amide bonds. The third-order valence-corrected chi connectivity index (χ3v) is 4.36. The van der Waals surface area contributed by atoms with Crippen molar-refractivity contribution < 1.29 is 19.0 Å². The van der Waals surface area contributed by atoms with Crippen molar-refractivity contribution in [3.8, 4) is 11.8 Å². The van der Waals surface area contributed by atoms with E-state index in [0.717, 1.165) is 25.7 Å². The summed E-state index contributed by atoms with van der Waals surface area (Å²) in [5.74, 6) is -0.182. The SMILES string of the molecule is CCCCCc1ccc(OC(=O)[C@]2(C#N)CO[C@H](CCC)OC2)cc1. The topological polar surface area (TPSA) is 68.6 Å². The molecule has 1 fully saturated rings. The second-order valence-corrected chi connectivity index (χ2v) is 6.52. The van der Waals surface area contributed by atoms with E-state index in [1.807, 2.05) is 25.1 Å². The van der Waals surface area contributed by atoms with Crippen LogP contribution in [0.15, 0.2) is 24.3 Å². The lowest BCUT2D eigenvalue weighted by Crippen LogP contribution is -2.48. The van der Waals surface area contributed by atoms with Gasteiger partial charge in [-0.1, -0.05) is 45.2 Å². The van der Waals surface area contributed by atoms with Crippen molar-refractivity contribution in [2.24, 2.45) is 5.41 Å². The molecular weight excluding hydrogens is 318 g/mol. The molecule has 1 aromatic rings. The fourth-order valence-electron chi connectivity index (χ4n) is 2.70. The predicted molar refractivity (Wildman–Crippen MR) is 94.0 cm³/mol. The quantitative estimate of drug-likeness (QED) is 0.404. The zero-order valence-corrected chi connectivity index (χ0v) is 15.1. The highest BCUT2D eigenvalue weighted by molar-refractivity contribution is 5.82. The monoisotopic (exact) mass is 345 g/mol. The van der Waals surface area contributed by atoms with E-state index < -0.39 is 11.4 Å². The van der Waals surface area contributed by atoms with Crippen molar-refractivity contribution in [2.45, 2.75) is 58.7 Å². The Hall–Kier alpha value is -1.90. The molecule has 1 aromatic carbocycles. The van der Waals surface area contributed by atoms with Crippen molar-refractivity contribution in [3.63, 3.8) is 0 Å². The molecule has 0 atom stereocenters. The van der Waals surface area contributed by atoms with E-state index in [-0.39, 0.29) is 19.5 Å². The molecule has 0 aromatic heterocycles. The molecule has 0 N–H and O–H groups in total. The Morgan fingerprint density at radius 3 is 2.44 bits per heavy atom. The summed E-state index contributed by atoms with van der Waals surface area (Å²) in [6, 6.07) is 9.49. The summed E-state index contributed by atoms with van der Waals surface area (Å²) in [6.07, 6.45) is 5.89. The van der Waals surface area contributed by atoms with Crippen LogP contribution in [0.1, 0.15) is 51.5 Å². The van der Waals surface area contributed by atoms with Gasteiger partial charge in [0.25, 0.3) is 0 Å². The Bertz CT molecular complexity index is 583. The van der Waals surface area contributed by atoms with Gasteiger partial charge in [-0.2, -0.15) is 5.26 Å². The molecule has 0 bridgehead atoms. The van der Waals surface area contributed by atoms with Crippen LogP contribution in [0.5, 0.6) is 5.75 Å². The molecule has 0 unspecified atom stereocenters. The van der Waals surface area contributed by atoms with Crippen molar-refractivity contribution in [1.82, 2.24) is 0 Å². The fraction of sp³-hybridized carbons (Fsp3) is 0.600. The first-order chi connectivity index (χ1) is 12.1. The molecule has 5 nitrogen and oxygen atoms in total. The number of aryl methyl sites for hydroxylation is 1. The highest BCUT2D eigenvalue weighted by atomic mass is 16.7. The summed E-state index contributed by atoms with van der Waals surface area (Å²) in [5, 5.41) is 9.46. The summed E-state index contributed by atoms with van der Waals surface area (Å²) in [7, 11) is 0. The van der Waals surface area contributed by atoms with Gasteiger partial charge in [0.05, 0.1) is 19.3 Å². The van der Waals surface area contributed by atoms with Gasteiger partial charge in [-0.25, -0.2) is 4.79 Å². The molecule has 1 heterocycles. The first-order valence-electron chi connectivity index (χ1n) is 9.09. The first kappa shape index (κ1) is 19.4. The van der Waals surface area contributed by atoms with Crippen LogP contribution in [-0.4, -0.2) is 25.5 Å². The van der Waals surface area contributed by atoms with Gasteiger partial charge in [-0.15, -0.1) is 0 Å². The Morgan fingerprint density at radius 1 is 1.20 bits per heavy atom. The number of ether oxygens (including phenoxy) is 3. The summed E-state index contributed by atoms with van der Waals surface area (Å²) < 4.78 is 16.4. The number of benzene rings is 1. The molecule has 0 spiro atoms. The molecule has 2 rings (SSSR count). The minimum atomic E-state index is -1.40. The number of nitrogens with zero attached hydrogens (tertiary/aromatic N) is 1. The number of hydrogen-bond donors (Lipinski definition) is 0. The van der Waals surface area contributed by atoms with Gasteiger partial charge < -0.3 is 14.2 Å². The second kappa shape index (κ2) is 9.55. The average Bonchev–Trinajstić information content (AvgIpc) is 2.64. The highest BCUT2D eigenvalue weighted by Crippen LogP contribution is 2.28. The highest BCUT2D eigenvalue weighted by Gasteiger charge is 2.46. The average molecular weight is 345 g/mol. The van der Waals surface area contributed by atoms with Crippen molar-refractivity contribution in [2.75, 3.05) is 13.2 Å². The van der Waals surface area contributed by atoms with E-state index in [2.05, 4.69) is 6.92 Å². The molecule has 25 heavy (non-hydrogen) atoms. The summed E-state index contributed by atoms with van der Waals surface area (Å²) in [5.41, 5.74) is -0.181. The van der Waals surface area contributed by atoms with Crippen LogP contribution in [0, 0.1) is 16.7 Å². The number of unbranched alkanes of at least 4 members (excludes halogenated alkanes) is 2. The first-order valence-corrected chi connectivity index (χ1v) is 9.09. The number of esters is 1. The normalized spacial score (nSPS) is 23.0. The maximum Gasteiger partial charge on any atom is 0.336 e. The van der Waals surface area contributed by atoms with Crippen molar-refractivity contribution in [1.29, 1.82) is 5.26 Å². The van der Waals surface area contributed by atoms with Crippen LogP contribution >= 0.6 is 0 Å². The lowest BCUT2D eigenvalue weighted by Gasteiger charge is -2.33. The van der Waals surface area contributed by atoms with Crippen LogP contribution in [0.25, 0.3) is 0 Å². The van der Waals surface area contributed by atoms with Crippen LogP contribution < -0.4 is 4.74 Å². The van der Waals surface area contributed by atoms with Crippen LogP contribution in [0.3, 0.4) is 0 Å². The third kappa shape index (κ3) is 5.29. The summed E-state index contributed by atoms with van der Waals surface area (Å²) in [4.78, 5) is 12.5. The van der Waals surface area contributed by atoms with Gasteiger partial charge in [0, 0.05) is 0 Å². The smallest absolute Gasteiger partial charge is 0.336 e. The molecule has 1 aliphatic rings. The minimum Gasteiger partial charge on any atom is -0.425 e. The minimum absolute atomic E-state index is 0.00208. The lowest BCUT2D eigenvalue weighted by molar-refractivity contribution is -0.222. The zero-order valence-electron chi connectivity index (χ0n) is 15.1. The maximum atomic E-state index is 12.5. The standard InChI is InChI=1S/C20H27NO4/c1-3-5-6-8-16-9-11-17(12-10-16)25-19(22)20(13-21)14-23-18(7-4-2)24-15-20/h9-12,18H,3-8,14-15H2,1-2H3/t18-,20+. The number of carbonyl (C=O) groups excluding carboxylic acids is 1. The van der Waals surface area contributed by atoms with Gasteiger partial charge in [0.15, 0.2) is 6.29 Å². The largest absolute Gasteiger partial charge is 0.425 e. The predicted octanol–water partition coefficient (Wildman–Crippen LogP) is 4.01. The van der Waals surface area contributed by atoms with Gasteiger partial charge in [0.1, 0.15) is 5.75 Å². The Kier molecular flexibility index (Phi) is 7.42. The molecule has 5 heteroatoms. The van der Waals surface area contributed by atoms with Gasteiger partial charge in [-0.05, 0) is 37.0 Å². The Labute approximate surface area is 149 Å². The van der Waals surface area contributed by atoms with Gasteiger partial charge in [0.2, 0.25) is 5.41 Å². The third-order valence-electron chi connectivity index (χ3n) is 4.36. The van der Waals surface area contributed by atoms with Crippen LogP contribution in [0.4, 0.5) is 0 Å². The fourth-order valence-corrected chi connectivity index (χ4v) is 2.70. The molecule has 0 aliphatic carbocycles. The molecule has 0 saturated carbocycles. The van der Waals surface area contributed by atoms with E-state index in [0.29, 0.717) is 5.75 Å². The second-order valence-electron chi connectivity index (χ2n) is 6.52. The van der Waals surface area contributed by atoms with E-state index in [9.17, 15) is 10.1 Å². The Balaban J connectivity index is 1.92. The van der Waals surface area contributed by atoms with Gasteiger partial charge in [-0.3, -0.25) is 0 Å². The van der Waals surface area contributed by atoms with E-state index >= 15 is 0 Å².